The molecule has 1 aromatic carbocycles. The Hall–Kier alpha value is -2.89. The van der Waals surface area contributed by atoms with E-state index in [2.05, 4.69) is 31.2 Å². The van der Waals surface area contributed by atoms with Gasteiger partial charge in [-0.25, -0.2) is 9.50 Å². The average molecular weight is 380 g/mol. The molecule has 6 heteroatoms. The van der Waals surface area contributed by atoms with E-state index in [1.54, 1.807) is 17.7 Å². The summed E-state index contributed by atoms with van der Waals surface area (Å²) < 4.78 is 7.11. The Bertz CT molecular complexity index is 1020. The molecule has 0 radical (unpaired) electrons. The molecule has 6 nitrogen and oxygen atoms in total. The van der Waals surface area contributed by atoms with E-state index in [9.17, 15) is 4.79 Å². The first-order valence-corrected chi connectivity index (χ1v) is 9.37. The molecule has 0 saturated carbocycles. The summed E-state index contributed by atoms with van der Waals surface area (Å²) in [6.45, 7) is 12.1. The number of benzene rings is 1. The van der Waals surface area contributed by atoms with Crippen LogP contribution in [0.5, 0.6) is 5.75 Å². The maximum Gasteiger partial charge on any atom is 0.270 e. The van der Waals surface area contributed by atoms with E-state index in [-0.39, 0.29) is 16.9 Å². The molecule has 3 aromatic rings. The molecule has 0 aliphatic rings. The van der Waals surface area contributed by atoms with Crippen LogP contribution < -0.4 is 10.1 Å². The average Bonchev–Trinajstić information content (AvgIpc) is 3.03. The van der Waals surface area contributed by atoms with E-state index in [0.717, 1.165) is 11.3 Å². The fourth-order valence-corrected chi connectivity index (χ4v) is 2.90. The first-order valence-electron chi connectivity index (χ1n) is 9.37. The highest BCUT2D eigenvalue weighted by Crippen LogP contribution is 2.30. The molecule has 0 saturated heterocycles. The van der Waals surface area contributed by atoms with Crippen molar-refractivity contribution in [3.05, 3.63) is 47.8 Å². The molecule has 28 heavy (non-hydrogen) atoms. The lowest BCUT2D eigenvalue weighted by Crippen LogP contribution is -2.41. The second-order valence-electron chi connectivity index (χ2n) is 8.98. The van der Waals surface area contributed by atoms with Crippen molar-refractivity contribution in [2.45, 2.75) is 52.5 Å². The zero-order chi connectivity index (χ0) is 20.7. The summed E-state index contributed by atoms with van der Waals surface area (Å²) in [5.41, 5.74) is 2.93. The van der Waals surface area contributed by atoms with Gasteiger partial charge in [0.2, 0.25) is 0 Å². The zero-order valence-corrected chi connectivity index (χ0v) is 17.6. The van der Waals surface area contributed by atoms with Crippen molar-refractivity contribution in [3.63, 3.8) is 0 Å². The van der Waals surface area contributed by atoms with Crippen LogP contribution in [-0.2, 0) is 5.41 Å². The quantitative estimate of drug-likeness (QED) is 0.738. The van der Waals surface area contributed by atoms with Gasteiger partial charge in [-0.3, -0.25) is 4.79 Å². The third kappa shape index (κ3) is 4.01. The molecule has 0 aliphatic carbocycles. The minimum absolute atomic E-state index is 0.157. The summed E-state index contributed by atoms with van der Waals surface area (Å²) in [4.78, 5) is 17.8. The smallest absolute Gasteiger partial charge is 0.270 e. The number of methoxy groups -OCH3 is 1. The van der Waals surface area contributed by atoms with Crippen LogP contribution in [0.4, 0.5) is 0 Å². The van der Waals surface area contributed by atoms with Crippen LogP contribution in [0.2, 0.25) is 0 Å². The number of nitrogens with zero attached hydrogens (tertiary/aromatic N) is 3. The Balaban J connectivity index is 2.26. The van der Waals surface area contributed by atoms with E-state index in [1.807, 2.05) is 51.1 Å². The van der Waals surface area contributed by atoms with Crippen molar-refractivity contribution in [2.24, 2.45) is 0 Å². The van der Waals surface area contributed by atoms with Crippen molar-refractivity contribution >= 4 is 11.6 Å². The number of carbonyl (C=O) groups is 1. The van der Waals surface area contributed by atoms with Gasteiger partial charge in [-0.15, -0.1) is 0 Å². The number of nitrogens with one attached hydrogen (secondary N) is 1. The Morgan fingerprint density at radius 3 is 2.36 bits per heavy atom. The zero-order valence-electron chi connectivity index (χ0n) is 17.6. The monoisotopic (exact) mass is 380 g/mol. The second kappa shape index (κ2) is 6.93. The summed E-state index contributed by atoms with van der Waals surface area (Å²) in [6, 6.07) is 11.4. The molecule has 0 bridgehead atoms. The highest BCUT2D eigenvalue weighted by atomic mass is 16.5. The third-order valence-electron chi connectivity index (χ3n) is 4.30. The van der Waals surface area contributed by atoms with Crippen LogP contribution in [-0.4, -0.2) is 33.2 Å². The maximum absolute atomic E-state index is 13.0. The van der Waals surface area contributed by atoms with Gasteiger partial charge in [-0.1, -0.05) is 32.9 Å². The molecule has 1 amide bonds. The van der Waals surface area contributed by atoms with Gasteiger partial charge in [-0.2, -0.15) is 5.10 Å². The van der Waals surface area contributed by atoms with Gasteiger partial charge in [0.1, 0.15) is 11.4 Å². The molecule has 148 valence electrons. The van der Waals surface area contributed by atoms with Gasteiger partial charge in [0.25, 0.3) is 5.91 Å². The minimum Gasteiger partial charge on any atom is -0.496 e. The molecule has 0 atom stereocenters. The highest BCUT2D eigenvalue weighted by Gasteiger charge is 2.24. The molecule has 0 spiro atoms. The fraction of sp³-hybridized carbons (Fsp3) is 0.409. The largest absolute Gasteiger partial charge is 0.496 e. The van der Waals surface area contributed by atoms with Gasteiger partial charge in [0.15, 0.2) is 5.65 Å². The van der Waals surface area contributed by atoms with Crippen LogP contribution in [0, 0.1) is 0 Å². The topological polar surface area (TPSA) is 68.5 Å². The fourth-order valence-electron chi connectivity index (χ4n) is 2.90. The lowest BCUT2D eigenvalue weighted by atomic mass is 9.93. The summed E-state index contributed by atoms with van der Waals surface area (Å²) in [7, 11) is 1.63. The number of amides is 1. The summed E-state index contributed by atoms with van der Waals surface area (Å²) in [5, 5.41) is 7.70. The molecule has 0 fully saturated rings. The summed E-state index contributed by atoms with van der Waals surface area (Å²) in [6.07, 6.45) is 0. The van der Waals surface area contributed by atoms with E-state index in [4.69, 9.17) is 9.72 Å². The van der Waals surface area contributed by atoms with Crippen LogP contribution >= 0.6 is 0 Å². The number of rotatable bonds is 3. The maximum atomic E-state index is 13.0. The summed E-state index contributed by atoms with van der Waals surface area (Å²) >= 11 is 0. The van der Waals surface area contributed by atoms with Crippen LogP contribution in [0.3, 0.4) is 0 Å². The van der Waals surface area contributed by atoms with E-state index < -0.39 is 0 Å². The molecule has 0 unspecified atom stereocenters. The van der Waals surface area contributed by atoms with Gasteiger partial charge >= 0.3 is 0 Å². The first kappa shape index (κ1) is 19.9. The number of ether oxygens (including phenoxy) is 1. The van der Waals surface area contributed by atoms with Crippen LogP contribution in [0.15, 0.2) is 36.4 Å². The van der Waals surface area contributed by atoms with Crippen molar-refractivity contribution in [2.75, 3.05) is 7.11 Å². The van der Waals surface area contributed by atoms with Gasteiger partial charge in [0, 0.05) is 22.6 Å². The van der Waals surface area contributed by atoms with E-state index >= 15 is 0 Å². The number of fused-ring (bicyclic) bond motifs is 1. The Labute approximate surface area is 165 Å². The van der Waals surface area contributed by atoms with Crippen molar-refractivity contribution in [1.82, 2.24) is 19.9 Å². The number of carbonyl (C=O) groups excluding carboxylic acids is 1. The minimum atomic E-state index is -0.364. The van der Waals surface area contributed by atoms with Crippen molar-refractivity contribution in [1.29, 1.82) is 0 Å². The van der Waals surface area contributed by atoms with Crippen LogP contribution in [0.25, 0.3) is 16.9 Å². The number of hydrogen-bond acceptors (Lipinski definition) is 4. The molecular formula is C22H28N4O2. The van der Waals surface area contributed by atoms with Gasteiger partial charge in [-0.05, 0) is 39.0 Å². The van der Waals surface area contributed by atoms with Gasteiger partial charge in [0.05, 0.1) is 18.5 Å². The Kier molecular flexibility index (Phi) is 4.91. The predicted octanol–water partition coefficient (Wildman–Crippen LogP) is 4.23. The highest BCUT2D eigenvalue weighted by molar-refractivity contribution is 5.94. The van der Waals surface area contributed by atoms with Crippen molar-refractivity contribution < 1.29 is 9.53 Å². The molecular weight excluding hydrogens is 352 g/mol. The van der Waals surface area contributed by atoms with Crippen LogP contribution in [0.1, 0.15) is 57.7 Å². The Morgan fingerprint density at radius 2 is 1.75 bits per heavy atom. The van der Waals surface area contributed by atoms with Crippen molar-refractivity contribution in [3.8, 4) is 17.0 Å². The SMILES string of the molecule is COc1ccccc1-c1cc(C(=O)NC(C)(C)C)n2nc(C(C)(C)C)cc2n1. The molecule has 1 N–H and O–H groups in total. The van der Waals surface area contributed by atoms with E-state index in [1.165, 1.54) is 0 Å². The Morgan fingerprint density at radius 1 is 1.07 bits per heavy atom. The molecule has 2 heterocycles. The summed E-state index contributed by atoms with van der Waals surface area (Å²) in [5.74, 6) is 0.511. The first-order chi connectivity index (χ1) is 13.0. The third-order valence-corrected chi connectivity index (χ3v) is 4.30. The standard InChI is InChI=1S/C22H28N4O2/c1-21(2,3)18-13-19-23-15(14-10-8-9-11-17(14)28-7)12-16(26(19)25-18)20(27)24-22(4,5)6/h8-13H,1-7H3,(H,24,27). The normalized spacial score (nSPS) is 12.2. The molecule has 0 aliphatic heterocycles. The lowest BCUT2D eigenvalue weighted by Gasteiger charge is -2.21. The predicted molar refractivity (Wildman–Crippen MR) is 111 cm³/mol. The van der Waals surface area contributed by atoms with E-state index in [0.29, 0.717) is 22.8 Å². The number of aromatic nitrogens is 3. The lowest BCUT2D eigenvalue weighted by molar-refractivity contribution is 0.0911. The molecule has 2 aromatic heterocycles. The molecule has 3 rings (SSSR count). The van der Waals surface area contributed by atoms with Gasteiger partial charge < -0.3 is 10.1 Å². The second-order valence-corrected chi connectivity index (χ2v) is 8.98. The number of hydrogen-bond donors (Lipinski definition) is 1. The number of para-hydroxylation sites is 1.